The number of benzene rings is 1. The first-order chi connectivity index (χ1) is 19.8. The van der Waals surface area contributed by atoms with E-state index in [-0.39, 0.29) is 17.0 Å². The number of aromatic nitrogens is 2. The number of carbonyl (C=O) groups is 2. The number of likely N-dealkylation sites (tertiary alicyclic amines) is 1. The third-order valence-electron chi connectivity index (χ3n) is 7.74. The fourth-order valence-electron chi connectivity index (χ4n) is 5.33. The quantitative estimate of drug-likeness (QED) is 0.131. The summed E-state index contributed by atoms with van der Waals surface area (Å²) in [6, 6.07) is 8.53. The van der Waals surface area contributed by atoms with Crippen molar-refractivity contribution in [1.82, 2.24) is 19.2 Å². The molecule has 9 heteroatoms. The largest absolute Gasteiger partial charge is 0.505 e. The summed E-state index contributed by atoms with van der Waals surface area (Å²) in [5.74, 6) is -0.490. The number of ketones is 1. The number of hydrogen-bond acceptors (Lipinski definition) is 7. The van der Waals surface area contributed by atoms with Crippen LogP contribution in [0.1, 0.15) is 69.1 Å². The van der Waals surface area contributed by atoms with Gasteiger partial charge in [0.15, 0.2) is 17.3 Å². The van der Waals surface area contributed by atoms with Crippen LogP contribution in [0.3, 0.4) is 0 Å². The molecule has 1 amide bonds. The van der Waals surface area contributed by atoms with E-state index in [1.54, 1.807) is 4.90 Å². The van der Waals surface area contributed by atoms with Gasteiger partial charge in [-0.05, 0) is 69.6 Å². The summed E-state index contributed by atoms with van der Waals surface area (Å²) in [6.07, 6.45) is 3.79. The molecule has 3 heterocycles. The van der Waals surface area contributed by atoms with Crippen molar-refractivity contribution in [1.29, 1.82) is 0 Å². The first-order valence-electron chi connectivity index (χ1n) is 14.6. The van der Waals surface area contributed by atoms with Crippen LogP contribution in [0.25, 0.3) is 11.4 Å². The maximum atomic E-state index is 13.6. The highest BCUT2D eigenvalue weighted by atomic mass is 16.5. The third kappa shape index (κ3) is 5.95. The Morgan fingerprint density at radius 2 is 1.80 bits per heavy atom. The minimum Gasteiger partial charge on any atom is -0.505 e. The van der Waals surface area contributed by atoms with Gasteiger partial charge in [-0.3, -0.25) is 9.59 Å². The second kappa shape index (κ2) is 13.2. The molecule has 1 saturated heterocycles. The zero-order valence-electron chi connectivity index (χ0n) is 25.1. The van der Waals surface area contributed by atoms with Gasteiger partial charge in [0.2, 0.25) is 0 Å². The molecule has 1 aliphatic rings. The van der Waals surface area contributed by atoms with Crippen molar-refractivity contribution >= 4 is 23.1 Å². The van der Waals surface area contributed by atoms with E-state index in [9.17, 15) is 14.7 Å². The highest BCUT2D eigenvalue weighted by molar-refractivity contribution is 6.46. The first kappa shape index (κ1) is 30.1. The molecule has 220 valence electrons. The van der Waals surface area contributed by atoms with Gasteiger partial charge in [0, 0.05) is 19.3 Å². The summed E-state index contributed by atoms with van der Waals surface area (Å²) in [6.45, 7) is 15.5. The van der Waals surface area contributed by atoms with Gasteiger partial charge in [-0.1, -0.05) is 39.3 Å². The van der Waals surface area contributed by atoms with Crippen molar-refractivity contribution in [2.75, 3.05) is 39.4 Å². The lowest BCUT2D eigenvalue weighted by Crippen LogP contribution is -2.38. The molecule has 3 aromatic rings. The number of Topliss-reactive ketones (excluding diaryl/α,β-unsaturated/α-hetero) is 1. The molecule has 0 radical (unpaired) electrons. The van der Waals surface area contributed by atoms with Crippen molar-refractivity contribution in [3.05, 3.63) is 64.6 Å². The second-order valence-electron chi connectivity index (χ2n) is 10.3. The first-order valence-corrected chi connectivity index (χ1v) is 14.6. The van der Waals surface area contributed by atoms with Gasteiger partial charge in [0.1, 0.15) is 11.3 Å². The van der Waals surface area contributed by atoms with Crippen molar-refractivity contribution in [3.63, 3.8) is 0 Å². The van der Waals surface area contributed by atoms with E-state index in [1.807, 2.05) is 61.7 Å². The third-order valence-corrected chi connectivity index (χ3v) is 7.74. The Hall–Kier alpha value is -3.85. The van der Waals surface area contributed by atoms with E-state index in [2.05, 4.69) is 25.7 Å². The van der Waals surface area contributed by atoms with E-state index in [1.165, 1.54) is 0 Å². The lowest BCUT2D eigenvalue weighted by molar-refractivity contribution is -0.140. The molecule has 2 aromatic heterocycles. The van der Waals surface area contributed by atoms with Crippen LogP contribution in [0.4, 0.5) is 0 Å². The van der Waals surface area contributed by atoms with Crippen LogP contribution in [0, 0.1) is 13.8 Å². The number of imidazole rings is 1. The summed E-state index contributed by atoms with van der Waals surface area (Å²) in [7, 11) is 0. The molecule has 1 N–H and O–H groups in total. The normalized spacial score (nSPS) is 16.8. The van der Waals surface area contributed by atoms with Crippen LogP contribution < -0.4 is 9.47 Å². The molecular weight excluding hydrogens is 520 g/mol. The highest BCUT2D eigenvalue weighted by Crippen LogP contribution is 2.42. The fourth-order valence-corrected chi connectivity index (χ4v) is 5.33. The molecule has 1 aromatic carbocycles. The summed E-state index contributed by atoms with van der Waals surface area (Å²) >= 11 is 0. The molecule has 0 bridgehead atoms. The number of ether oxygens (including phenoxy) is 2. The number of unbranched alkanes of at least 4 members (excludes halogenated alkanes) is 1. The van der Waals surface area contributed by atoms with Crippen LogP contribution in [-0.4, -0.2) is 75.4 Å². The second-order valence-corrected chi connectivity index (χ2v) is 10.3. The number of fused-ring (bicyclic) bond motifs is 1. The standard InChI is InChI=1S/C32H42N4O5/c1-7-11-19-41-24-15-14-23(20-25(24)40-10-4)28-26(30(38)32(39)36(28)18-17-34(8-2)9-3)29(37)27-22(6)35-16-12-13-21(5)31(35)33-27/h12-16,20,28,37H,7-11,17-19H2,1-6H3. The SMILES string of the molecule is CCCCOc1ccc(C2C(=C(O)c3nc4c(C)cccn4c3C)C(=O)C(=O)N2CCN(CC)CC)cc1OCC. The molecule has 0 aliphatic carbocycles. The van der Waals surface area contributed by atoms with Crippen molar-refractivity contribution in [2.45, 2.75) is 60.4 Å². The van der Waals surface area contributed by atoms with Gasteiger partial charge < -0.3 is 28.8 Å². The summed E-state index contributed by atoms with van der Waals surface area (Å²) < 4.78 is 13.8. The van der Waals surface area contributed by atoms with E-state index < -0.39 is 17.7 Å². The van der Waals surface area contributed by atoms with Crippen LogP contribution in [0.5, 0.6) is 11.5 Å². The predicted molar refractivity (Wildman–Crippen MR) is 159 cm³/mol. The summed E-state index contributed by atoms with van der Waals surface area (Å²) in [5.41, 5.74) is 3.28. The number of aliphatic hydroxyl groups excluding tert-OH is 1. The van der Waals surface area contributed by atoms with Crippen LogP contribution >= 0.6 is 0 Å². The smallest absolute Gasteiger partial charge is 0.295 e. The van der Waals surface area contributed by atoms with Crippen LogP contribution in [0.2, 0.25) is 0 Å². The zero-order chi connectivity index (χ0) is 29.7. The predicted octanol–water partition coefficient (Wildman–Crippen LogP) is 5.29. The molecule has 0 saturated carbocycles. The maximum Gasteiger partial charge on any atom is 0.295 e. The highest BCUT2D eigenvalue weighted by Gasteiger charge is 2.46. The Labute approximate surface area is 242 Å². The number of amides is 1. The molecule has 1 aliphatic heterocycles. The Morgan fingerprint density at radius 3 is 2.46 bits per heavy atom. The van der Waals surface area contributed by atoms with Gasteiger partial charge >= 0.3 is 0 Å². The fraction of sp³-hybridized carbons (Fsp3) is 0.469. The van der Waals surface area contributed by atoms with Crippen molar-refractivity contribution in [2.24, 2.45) is 0 Å². The number of likely N-dealkylation sites (N-methyl/N-ethyl adjacent to an activating group) is 1. The Kier molecular flexibility index (Phi) is 9.70. The zero-order valence-corrected chi connectivity index (χ0v) is 25.1. The maximum absolute atomic E-state index is 13.6. The molecule has 4 rings (SSSR count). The van der Waals surface area contributed by atoms with Gasteiger partial charge in [-0.15, -0.1) is 0 Å². The topological polar surface area (TPSA) is 96.6 Å². The van der Waals surface area contributed by atoms with Gasteiger partial charge in [-0.25, -0.2) is 4.98 Å². The monoisotopic (exact) mass is 562 g/mol. The lowest BCUT2D eigenvalue weighted by Gasteiger charge is -2.28. The lowest BCUT2D eigenvalue weighted by atomic mass is 9.96. The van der Waals surface area contributed by atoms with E-state index in [0.29, 0.717) is 54.7 Å². The number of rotatable bonds is 13. The van der Waals surface area contributed by atoms with Gasteiger partial charge in [0.25, 0.3) is 11.7 Å². The van der Waals surface area contributed by atoms with E-state index in [4.69, 9.17) is 14.5 Å². The van der Waals surface area contributed by atoms with Crippen LogP contribution in [-0.2, 0) is 9.59 Å². The van der Waals surface area contributed by atoms with Crippen molar-refractivity contribution < 1.29 is 24.2 Å². The molecule has 9 nitrogen and oxygen atoms in total. The average molecular weight is 563 g/mol. The number of nitrogens with zero attached hydrogens (tertiary/aromatic N) is 4. The molecule has 1 fully saturated rings. The number of aryl methyl sites for hydroxylation is 2. The molecule has 1 atom stereocenters. The van der Waals surface area contributed by atoms with E-state index >= 15 is 0 Å². The number of pyridine rings is 1. The Morgan fingerprint density at radius 1 is 1.05 bits per heavy atom. The van der Waals surface area contributed by atoms with Gasteiger partial charge in [-0.2, -0.15) is 0 Å². The molecular formula is C32H42N4O5. The minimum absolute atomic E-state index is 0.0285. The summed E-state index contributed by atoms with van der Waals surface area (Å²) in [5, 5.41) is 11.7. The number of aliphatic hydroxyl groups is 1. The average Bonchev–Trinajstić information content (AvgIpc) is 3.44. The molecule has 1 unspecified atom stereocenters. The van der Waals surface area contributed by atoms with E-state index in [0.717, 1.165) is 31.5 Å². The Bertz CT molecular complexity index is 1440. The summed E-state index contributed by atoms with van der Waals surface area (Å²) in [4.78, 5) is 35.6. The van der Waals surface area contributed by atoms with Crippen molar-refractivity contribution in [3.8, 4) is 11.5 Å². The minimum atomic E-state index is -0.806. The molecule has 0 spiro atoms. The Balaban J connectivity index is 1.87. The van der Waals surface area contributed by atoms with Gasteiger partial charge in [0.05, 0.1) is 30.5 Å². The number of carbonyl (C=O) groups excluding carboxylic acids is 2. The molecule has 41 heavy (non-hydrogen) atoms. The number of hydrogen-bond donors (Lipinski definition) is 1. The van der Waals surface area contributed by atoms with Crippen LogP contribution in [0.15, 0.2) is 42.1 Å².